The van der Waals surface area contributed by atoms with Gasteiger partial charge in [0.2, 0.25) is 0 Å². The van der Waals surface area contributed by atoms with Crippen LogP contribution in [0.5, 0.6) is 0 Å². The molecule has 1 atom stereocenters. The van der Waals surface area contributed by atoms with Crippen molar-refractivity contribution in [2.75, 3.05) is 20.1 Å². The van der Waals surface area contributed by atoms with E-state index in [4.69, 9.17) is 5.26 Å². The molecule has 1 N–H and O–H groups in total. The lowest BCUT2D eigenvalue weighted by atomic mass is 9.98. The largest absolute Gasteiger partial charge is 0.315 e. The van der Waals surface area contributed by atoms with Crippen molar-refractivity contribution in [3.63, 3.8) is 0 Å². The molecule has 0 amide bonds. The zero-order valence-corrected chi connectivity index (χ0v) is 11.1. The van der Waals surface area contributed by atoms with Crippen molar-refractivity contribution in [3.05, 3.63) is 12.2 Å². The second-order valence-electron chi connectivity index (χ2n) is 5.01. The van der Waals surface area contributed by atoms with Crippen molar-refractivity contribution in [3.8, 4) is 6.07 Å². The summed E-state index contributed by atoms with van der Waals surface area (Å²) in [6.45, 7) is 5.81. The van der Waals surface area contributed by atoms with Gasteiger partial charge in [-0.1, -0.05) is 0 Å². The molecule has 2 heterocycles. The SMILES string of the molecule is CNC(C)(C#N)CCCN1CCn2cnnc2C1. The van der Waals surface area contributed by atoms with Gasteiger partial charge in [-0.25, -0.2) is 0 Å². The zero-order valence-electron chi connectivity index (χ0n) is 11.1. The number of nitrogens with zero attached hydrogens (tertiary/aromatic N) is 5. The Kier molecular flexibility index (Phi) is 3.94. The summed E-state index contributed by atoms with van der Waals surface area (Å²) in [6, 6.07) is 2.32. The molecule has 2 rings (SSSR count). The number of nitrogens with one attached hydrogen (secondary N) is 1. The van der Waals surface area contributed by atoms with Crippen molar-refractivity contribution in [2.24, 2.45) is 0 Å². The normalized spacial score (nSPS) is 18.9. The Morgan fingerprint density at radius 2 is 2.39 bits per heavy atom. The van der Waals surface area contributed by atoms with Crippen molar-refractivity contribution in [1.29, 1.82) is 5.26 Å². The Bertz CT molecular complexity index is 434. The van der Waals surface area contributed by atoms with Crippen molar-refractivity contribution >= 4 is 0 Å². The Morgan fingerprint density at radius 3 is 3.11 bits per heavy atom. The van der Waals surface area contributed by atoms with Crippen LogP contribution in [0.3, 0.4) is 0 Å². The highest BCUT2D eigenvalue weighted by molar-refractivity contribution is 5.02. The van der Waals surface area contributed by atoms with Gasteiger partial charge in [-0.3, -0.25) is 4.90 Å². The molecule has 0 fully saturated rings. The van der Waals surface area contributed by atoms with Gasteiger partial charge >= 0.3 is 0 Å². The number of nitriles is 1. The van der Waals surface area contributed by atoms with Crippen molar-refractivity contribution < 1.29 is 0 Å². The predicted octanol–water partition coefficient (Wildman–Crippen LogP) is 0.376. The molecule has 0 radical (unpaired) electrons. The lowest BCUT2D eigenvalue weighted by Gasteiger charge is -2.28. The summed E-state index contributed by atoms with van der Waals surface area (Å²) in [5.74, 6) is 1.04. The molecule has 98 valence electrons. The van der Waals surface area contributed by atoms with Gasteiger partial charge in [0.25, 0.3) is 0 Å². The molecule has 0 aliphatic carbocycles. The van der Waals surface area contributed by atoms with Gasteiger partial charge in [-0.2, -0.15) is 5.26 Å². The van der Waals surface area contributed by atoms with Crippen LogP contribution < -0.4 is 5.32 Å². The van der Waals surface area contributed by atoms with Crippen LogP contribution in [-0.4, -0.2) is 45.3 Å². The summed E-state index contributed by atoms with van der Waals surface area (Å²) in [5.41, 5.74) is -0.407. The van der Waals surface area contributed by atoms with Crippen LogP contribution in [-0.2, 0) is 13.1 Å². The van der Waals surface area contributed by atoms with E-state index in [0.717, 1.165) is 44.8 Å². The fraction of sp³-hybridized carbons (Fsp3) is 0.750. The summed E-state index contributed by atoms with van der Waals surface area (Å²) >= 11 is 0. The van der Waals surface area contributed by atoms with Gasteiger partial charge in [0, 0.05) is 13.1 Å². The van der Waals surface area contributed by atoms with E-state index in [9.17, 15) is 0 Å². The Balaban J connectivity index is 1.78. The molecule has 0 saturated carbocycles. The molecule has 1 aliphatic heterocycles. The average Bonchev–Trinajstić information content (AvgIpc) is 2.86. The van der Waals surface area contributed by atoms with Gasteiger partial charge in [0.05, 0.1) is 12.6 Å². The molecule has 0 bridgehead atoms. The quantitative estimate of drug-likeness (QED) is 0.815. The lowest BCUT2D eigenvalue weighted by Crippen LogP contribution is -2.40. The smallest absolute Gasteiger partial charge is 0.147 e. The lowest BCUT2D eigenvalue weighted by molar-refractivity contribution is 0.208. The topological polar surface area (TPSA) is 69.8 Å². The van der Waals surface area contributed by atoms with E-state index in [0.29, 0.717) is 0 Å². The highest BCUT2D eigenvalue weighted by atomic mass is 15.3. The Hall–Kier alpha value is -1.45. The molecule has 6 heteroatoms. The molecule has 18 heavy (non-hydrogen) atoms. The summed E-state index contributed by atoms with van der Waals surface area (Å²) in [5, 5.41) is 20.2. The maximum Gasteiger partial charge on any atom is 0.147 e. The number of hydrogen-bond acceptors (Lipinski definition) is 5. The van der Waals surface area contributed by atoms with Crippen molar-refractivity contribution in [1.82, 2.24) is 25.0 Å². The average molecular weight is 248 g/mol. The van der Waals surface area contributed by atoms with Crippen LogP contribution >= 0.6 is 0 Å². The van der Waals surface area contributed by atoms with E-state index in [-0.39, 0.29) is 0 Å². The van der Waals surface area contributed by atoms with Gasteiger partial charge in [-0.15, -0.1) is 10.2 Å². The molecule has 1 aromatic rings. The Labute approximate surface area is 108 Å². The van der Waals surface area contributed by atoms with E-state index in [1.165, 1.54) is 0 Å². The van der Waals surface area contributed by atoms with Crippen LogP contribution in [0.1, 0.15) is 25.6 Å². The second kappa shape index (κ2) is 5.46. The number of fused-ring (bicyclic) bond motifs is 1. The summed E-state index contributed by atoms with van der Waals surface area (Å²) in [4.78, 5) is 2.37. The van der Waals surface area contributed by atoms with E-state index in [2.05, 4.69) is 31.1 Å². The van der Waals surface area contributed by atoms with Crippen LogP contribution in [0.25, 0.3) is 0 Å². The molecule has 0 spiro atoms. The van der Waals surface area contributed by atoms with E-state index >= 15 is 0 Å². The maximum atomic E-state index is 9.08. The molecule has 1 unspecified atom stereocenters. The zero-order chi connectivity index (χ0) is 13.0. The molecule has 0 aromatic carbocycles. The van der Waals surface area contributed by atoms with Gasteiger partial charge in [0.15, 0.2) is 0 Å². The first-order valence-corrected chi connectivity index (χ1v) is 6.36. The molecular weight excluding hydrogens is 228 g/mol. The monoisotopic (exact) mass is 248 g/mol. The third kappa shape index (κ3) is 2.86. The summed E-state index contributed by atoms with van der Waals surface area (Å²) in [6.07, 6.45) is 3.67. The second-order valence-corrected chi connectivity index (χ2v) is 5.01. The third-order valence-electron chi connectivity index (χ3n) is 3.67. The molecule has 0 saturated heterocycles. The highest BCUT2D eigenvalue weighted by Crippen LogP contribution is 2.14. The van der Waals surface area contributed by atoms with E-state index in [1.807, 2.05) is 14.0 Å². The third-order valence-corrected chi connectivity index (χ3v) is 3.67. The fourth-order valence-electron chi connectivity index (χ4n) is 2.20. The van der Waals surface area contributed by atoms with Gasteiger partial charge < -0.3 is 9.88 Å². The maximum absolute atomic E-state index is 9.08. The molecular formula is C12H20N6. The minimum atomic E-state index is -0.407. The predicted molar refractivity (Wildman–Crippen MR) is 67.6 cm³/mol. The van der Waals surface area contributed by atoms with E-state index in [1.54, 1.807) is 6.33 Å². The minimum absolute atomic E-state index is 0.407. The first-order valence-electron chi connectivity index (χ1n) is 6.36. The molecule has 6 nitrogen and oxygen atoms in total. The fourth-order valence-corrected chi connectivity index (χ4v) is 2.20. The van der Waals surface area contributed by atoms with Crippen LogP contribution in [0.4, 0.5) is 0 Å². The van der Waals surface area contributed by atoms with Crippen LogP contribution in [0, 0.1) is 11.3 Å². The van der Waals surface area contributed by atoms with E-state index < -0.39 is 5.54 Å². The minimum Gasteiger partial charge on any atom is -0.315 e. The Morgan fingerprint density at radius 1 is 1.56 bits per heavy atom. The first-order chi connectivity index (χ1) is 8.67. The number of rotatable bonds is 5. The van der Waals surface area contributed by atoms with Crippen molar-refractivity contribution in [2.45, 2.75) is 38.4 Å². The van der Waals surface area contributed by atoms with Crippen LogP contribution in [0.15, 0.2) is 6.33 Å². The number of hydrogen-bond donors (Lipinski definition) is 1. The van der Waals surface area contributed by atoms with Crippen LogP contribution in [0.2, 0.25) is 0 Å². The van der Waals surface area contributed by atoms with Gasteiger partial charge in [-0.05, 0) is 33.4 Å². The molecule has 1 aliphatic rings. The number of aromatic nitrogens is 3. The highest BCUT2D eigenvalue weighted by Gasteiger charge is 2.22. The summed E-state index contributed by atoms with van der Waals surface area (Å²) < 4.78 is 2.10. The van der Waals surface area contributed by atoms with Gasteiger partial charge in [0.1, 0.15) is 17.7 Å². The standard InChI is InChI=1S/C12H20N6/c1-12(9-13,14-2)4-3-5-17-6-7-18-10-15-16-11(18)8-17/h10,14H,3-8H2,1-2H3. The summed E-state index contributed by atoms with van der Waals surface area (Å²) in [7, 11) is 1.84. The molecule has 1 aromatic heterocycles. The first kappa shape index (κ1) is 13.0.